The van der Waals surface area contributed by atoms with Crippen molar-refractivity contribution in [2.24, 2.45) is 0 Å². The summed E-state index contributed by atoms with van der Waals surface area (Å²) in [7, 11) is 0. The topological polar surface area (TPSA) is 6.48 Å². The molecule has 1 aromatic rings. The van der Waals surface area contributed by atoms with Gasteiger partial charge in [0.2, 0.25) is 0 Å². The quantitative estimate of drug-likeness (QED) is 0.752. The van der Waals surface area contributed by atoms with E-state index in [0.29, 0.717) is 0 Å². The molecular weight excluding hydrogens is 220 g/mol. The van der Waals surface area contributed by atoms with E-state index in [9.17, 15) is 0 Å². The minimum atomic E-state index is 0.233. The van der Waals surface area contributed by atoms with Crippen LogP contribution in [0.4, 0.5) is 0 Å². The van der Waals surface area contributed by atoms with Crippen LogP contribution in [0.2, 0.25) is 0 Å². The molecule has 1 aliphatic rings. The van der Waals surface area contributed by atoms with Gasteiger partial charge in [0.05, 0.1) is 0 Å². The second-order valence-corrected chi connectivity index (χ2v) is 5.74. The van der Waals surface area contributed by atoms with Gasteiger partial charge in [-0.3, -0.25) is 9.80 Å². The Morgan fingerprint density at radius 1 is 1.22 bits per heavy atom. The van der Waals surface area contributed by atoms with E-state index in [1.54, 1.807) is 0 Å². The molecule has 0 radical (unpaired) electrons. The van der Waals surface area contributed by atoms with Gasteiger partial charge in [0, 0.05) is 38.3 Å². The summed E-state index contributed by atoms with van der Waals surface area (Å²) in [6.07, 6.45) is 2.00. The van der Waals surface area contributed by atoms with Crippen LogP contribution in [0.15, 0.2) is 43.0 Å². The molecule has 0 bridgehead atoms. The third-order valence-electron chi connectivity index (χ3n) is 3.76. The number of piperazine rings is 1. The standard InChI is InChI=1S/C16H24N2/c1-4-10-17-11-12-18(16(2,3)14-17)13-15-8-6-5-7-9-15/h4-9H,1,10-14H2,2-3H3. The van der Waals surface area contributed by atoms with Crippen molar-refractivity contribution in [1.29, 1.82) is 0 Å². The Labute approximate surface area is 111 Å². The van der Waals surface area contributed by atoms with Crippen LogP contribution in [0.1, 0.15) is 19.4 Å². The molecule has 1 saturated heterocycles. The molecule has 0 atom stereocenters. The largest absolute Gasteiger partial charge is 0.297 e. The molecule has 1 fully saturated rings. The first kappa shape index (κ1) is 13.3. The number of hydrogen-bond donors (Lipinski definition) is 0. The lowest BCUT2D eigenvalue weighted by molar-refractivity contribution is 0.0190. The highest BCUT2D eigenvalue weighted by molar-refractivity contribution is 5.15. The van der Waals surface area contributed by atoms with Gasteiger partial charge in [-0.15, -0.1) is 6.58 Å². The van der Waals surface area contributed by atoms with Crippen molar-refractivity contribution in [2.75, 3.05) is 26.2 Å². The fraction of sp³-hybridized carbons (Fsp3) is 0.500. The summed E-state index contributed by atoms with van der Waals surface area (Å²) in [5, 5.41) is 0. The van der Waals surface area contributed by atoms with E-state index in [-0.39, 0.29) is 5.54 Å². The zero-order valence-corrected chi connectivity index (χ0v) is 11.6. The van der Waals surface area contributed by atoms with Gasteiger partial charge in [-0.2, -0.15) is 0 Å². The van der Waals surface area contributed by atoms with E-state index in [2.05, 4.69) is 60.6 Å². The number of rotatable bonds is 4. The van der Waals surface area contributed by atoms with Crippen LogP contribution in [-0.2, 0) is 6.54 Å². The van der Waals surface area contributed by atoms with Gasteiger partial charge in [-0.25, -0.2) is 0 Å². The van der Waals surface area contributed by atoms with Gasteiger partial charge in [0.1, 0.15) is 0 Å². The molecule has 0 N–H and O–H groups in total. The molecule has 1 aliphatic heterocycles. The maximum absolute atomic E-state index is 3.83. The van der Waals surface area contributed by atoms with Crippen LogP contribution >= 0.6 is 0 Å². The third-order valence-corrected chi connectivity index (χ3v) is 3.76. The summed E-state index contributed by atoms with van der Waals surface area (Å²) in [6.45, 7) is 14.0. The fourth-order valence-corrected chi connectivity index (χ4v) is 2.73. The molecule has 18 heavy (non-hydrogen) atoms. The summed E-state index contributed by atoms with van der Waals surface area (Å²) < 4.78 is 0. The van der Waals surface area contributed by atoms with E-state index < -0.39 is 0 Å². The molecule has 1 heterocycles. The molecule has 0 spiro atoms. The van der Waals surface area contributed by atoms with E-state index in [4.69, 9.17) is 0 Å². The van der Waals surface area contributed by atoms with Crippen molar-refractivity contribution in [2.45, 2.75) is 25.9 Å². The molecule has 0 aromatic heterocycles. The summed E-state index contributed by atoms with van der Waals surface area (Å²) in [4.78, 5) is 5.07. The first-order valence-electron chi connectivity index (χ1n) is 6.74. The first-order chi connectivity index (χ1) is 8.62. The molecule has 2 heteroatoms. The lowest BCUT2D eigenvalue weighted by Crippen LogP contribution is -2.58. The highest BCUT2D eigenvalue weighted by Gasteiger charge is 2.32. The molecule has 0 amide bonds. The molecule has 2 nitrogen and oxygen atoms in total. The summed E-state index contributed by atoms with van der Waals surface area (Å²) in [5.41, 5.74) is 1.64. The second-order valence-electron chi connectivity index (χ2n) is 5.74. The monoisotopic (exact) mass is 244 g/mol. The Hall–Kier alpha value is -1.12. The Morgan fingerprint density at radius 2 is 1.94 bits per heavy atom. The van der Waals surface area contributed by atoms with Crippen LogP contribution < -0.4 is 0 Å². The zero-order valence-electron chi connectivity index (χ0n) is 11.6. The molecule has 98 valence electrons. The molecule has 0 saturated carbocycles. The van der Waals surface area contributed by atoms with Gasteiger partial charge in [0.25, 0.3) is 0 Å². The van der Waals surface area contributed by atoms with Crippen LogP contribution in [-0.4, -0.2) is 41.5 Å². The van der Waals surface area contributed by atoms with Crippen LogP contribution in [0, 0.1) is 0 Å². The molecule has 0 aliphatic carbocycles. The van der Waals surface area contributed by atoms with E-state index in [0.717, 1.165) is 32.7 Å². The lowest BCUT2D eigenvalue weighted by Gasteiger charge is -2.47. The van der Waals surface area contributed by atoms with E-state index in [1.165, 1.54) is 5.56 Å². The number of benzene rings is 1. The van der Waals surface area contributed by atoms with Crippen molar-refractivity contribution in [3.63, 3.8) is 0 Å². The average molecular weight is 244 g/mol. The molecular formula is C16H24N2. The fourth-order valence-electron chi connectivity index (χ4n) is 2.73. The maximum Gasteiger partial charge on any atom is 0.0284 e. The first-order valence-corrected chi connectivity index (χ1v) is 6.74. The van der Waals surface area contributed by atoms with Gasteiger partial charge in [-0.1, -0.05) is 36.4 Å². The highest BCUT2D eigenvalue weighted by Crippen LogP contribution is 2.23. The van der Waals surface area contributed by atoms with Crippen LogP contribution in [0.5, 0.6) is 0 Å². The summed E-state index contributed by atoms with van der Waals surface area (Å²) in [5.74, 6) is 0. The minimum Gasteiger partial charge on any atom is -0.297 e. The lowest BCUT2D eigenvalue weighted by atomic mass is 9.97. The molecule has 0 unspecified atom stereocenters. The Morgan fingerprint density at radius 3 is 2.56 bits per heavy atom. The van der Waals surface area contributed by atoms with Crippen molar-refractivity contribution in [3.8, 4) is 0 Å². The van der Waals surface area contributed by atoms with Crippen molar-refractivity contribution in [3.05, 3.63) is 48.6 Å². The van der Waals surface area contributed by atoms with Gasteiger partial charge >= 0.3 is 0 Å². The van der Waals surface area contributed by atoms with E-state index >= 15 is 0 Å². The smallest absolute Gasteiger partial charge is 0.0284 e. The summed E-state index contributed by atoms with van der Waals surface area (Å²) >= 11 is 0. The van der Waals surface area contributed by atoms with Crippen molar-refractivity contribution < 1.29 is 0 Å². The molecule has 2 rings (SSSR count). The van der Waals surface area contributed by atoms with Gasteiger partial charge in [0.15, 0.2) is 0 Å². The van der Waals surface area contributed by atoms with E-state index in [1.807, 2.05) is 6.08 Å². The Balaban J connectivity index is 2.00. The molecule has 1 aromatic carbocycles. The normalized spacial score (nSPS) is 20.8. The SMILES string of the molecule is C=CCN1CCN(Cc2ccccc2)C(C)(C)C1. The van der Waals surface area contributed by atoms with Gasteiger partial charge in [-0.05, 0) is 19.4 Å². The Bertz CT molecular complexity index is 383. The zero-order chi connectivity index (χ0) is 13.0. The summed E-state index contributed by atoms with van der Waals surface area (Å²) in [6, 6.07) is 10.8. The Kier molecular flexibility index (Phi) is 4.20. The number of hydrogen-bond acceptors (Lipinski definition) is 2. The average Bonchev–Trinajstić information content (AvgIpc) is 2.34. The van der Waals surface area contributed by atoms with Crippen LogP contribution in [0.25, 0.3) is 0 Å². The number of nitrogens with zero attached hydrogens (tertiary/aromatic N) is 2. The third kappa shape index (κ3) is 3.21. The predicted molar refractivity (Wildman–Crippen MR) is 77.6 cm³/mol. The van der Waals surface area contributed by atoms with Gasteiger partial charge < -0.3 is 0 Å². The van der Waals surface area contributed by atoms with Crippen LogP contribution in [0.3, 0.4) is 0 Å². The maximum atomic E-state index is 3.83. The minimum absolute atomic E-state index is 0.233. The second kappa shape index (κ2) is 5.68. The van der Waals surface area contributed by atoms with Crippen molar-refractivity contribution >= 4 is 0 Å². The predicted octanol–water partition coefficient (Wildman–Crippen LogP) is 2.77. The van der Waals surface area contributed by atoms with Crippen molar-refractivity contribution in [1.82, 2.24) is 9.80 Å². The highest BCUT2D eigenvalue weighted by atomic mass is 15.3.